The van der Waals surface area contributed by atoms with Gasteiger partial charge in [-0.3, -0.25) is 9.69 Å². The van der Waals surface area contributed by atoms with Crippen LogP contribution in [0.25, 0.3) is 0 Å². The summed E-state index contributed by atoms with van der Waals surface area (Å²) in [4.78, 5) is 14.9. The molecule has 1 saturated heterocycles. The molecule has 26 heavy (non-hydrogen) atoms. The van der Waals surface area contributed by atoms with Crippen LogP contribution in [0.1, 0.15) is 33.1 Å². The molecule has 0 aromatic heterocycles. The molecule has 3 rings (SSSR count). The first kappa shape index (κ1) is 18.6. The molecule has 1 amide bonds. The lowest BCUT2D eigenvalue weighted by Gasteiger charge is -2.35. The molecule has 1 unspecified atom stereocenters. The Morgan fingerprint density at radius 2 is 1.92 bits per heavy atom. The molecular formula is C21H27N3O2. The lowest BCUT2D eigenvalue weighted by Crippen LogP contribution is -2.43. The van der Waals surface area contributed by atoms with E-state index in [1.165, 1.54) is 11.1 Å². The number of aryl methyl sites for hydroxylation is 1. The first-order valence-electron chi connectivity index (χ1n) is 9.13. The van der Waals surface area contributed by atoms with Crippen molar-refractivity contribution in [3.63, 3.8) is 0 Å². The van der Waals surface area contributed by atoms with Crippen molar-refractivity contribution in [2.24, 2.45) is 5.73 Å². The van der Waals surface area contributed by atoms with Gasteiger partial charge in [0.25, 0.3) is 5.91 Å². The van der Waals surface area contributed by atoms with Gasteiger partial charge in [0.15, 0.2) is 0 Å². The number of nitrogens with zero attached hydrogens (tertiary/aromatic N) is 1. The lowest BCUT2D eigenvalue weighted by atomic mass is 10.0. The standard InChI is InChI=1S/C21H27N3O2/c1-16-3-2-4-19(13-16)20(24-9-11-26-12-10-24)15-23-21(25)18-7-5-17(14-22)6-8-18/h2-8,13,20H,9-12,14-15,22H2,1H3,(H,23,25). The average molecular weight is 353 g/mol. The van der Waals surface area contributed by atoms with Crippen LogP contribution in [-0.2, 0) is 11.3 Å². The van der Waals surface area contributed by atoms with E-state index in [0.717, 1.165) is 31.9 Å². The normalized spacial score (nSPS) is 16.2. The van der Waals surface area contributed by atoms with Gasteiger partial charge in [-0.25, -0.2) is 0 Å². The SMILES string of the molecule is Cc1cccc(C(CNC(=O)c2ccc(CN)cc2)N2CCOCC2)c1. The fraction of sp³-hybridized carbons (Fsp3) is 0.381. The number of nitrogens with two attached hydrogens (primary N) is 1. The summed E-state index contributed by atoms with van der Waals surface area (Å²) >= 11 is 0. The van der Waals surface area contributed by atoms with E-state index in [1.54, 1.807) is 0 Å². The number of hydrogen-bond donors (Lipinski definition) is 2. The number of morpholine rings is 1. The molecular weight excluding hydrogens is 326 g/mol. The summed E-state index contributed by atoms with van der Waals surface area (Å²) < 4.78 is 5.49. The van der Waals surface area contributed by atoms with Crippen molar-refractivity contribution in [3.05, 3.63) is 70.8 Å². The highest BCUT2D eigenvalue weighted by atomic mass is 16.5. The third-order valence-electron chi connectivity index (χ3n) is 4.82. The van der Waals surface area contributed by atoms with E-state index in [4.69, 9.17) is 10.5 Å². The van der Waals surface area contributed by atoms with Crippen LogP contribution in [0.4, 0.5) is 0 Å². The molecule has 0 saturated carbocycles. The van der Waals surface area contributed by atoms with Crippen molar-refractivity contribution in [2.75, 3.05) is 32.8 Å². The van der Waals surface area contributed by atoms with E-state index in [-0.39, 0.29) is 11.9 Å². The molecule has 2 aromatic rings. The molecule has 0 aliphatic carbocycles. The highest BCUT2D eigenvalue weighted by molar-refractivity contribution is 5.94. The summed E-state index contributed by atoms with van der Waals surface area (Å²) in [6, 6.07) is 16.1. The average Bonchev–Trinajstić information content (AvgIpc) is 2.69. The van der Waals surface area contributed by atoms with Crippen LogP contribution in [0.15, 0.2) is 48.5 Å². The highest BCUT2D eigenvalue weighted by Gasteiger charge is 2.23. The van der Waals surface area contributed by atoms with Crippen molar-refractivity contribution in [3.8, 4) is 0 Å². The van der Waals surface area contributed by atoms with Gasteiger partial charge in [-0.1, -0.05) is 42.0 Å². The Morgan fingerprint density at radius 1 is 1.19 bits per heavy atom. The molecule has 1 atom stereocenters. The Bertz CT molecular complexity index is 724. The summed E-state index contributed by atoms with van der Waals surface area (Å²) in [5, 5.41) is 3.10. The number of benzene rings is 2. The van der Waals surface area contributed by atoms with Gasteiger partial charge in [-0.05, 0) is 30.2 Å². The van der Waals surface area contributed by atoms with Crippen LogP contribution >= 0.6 is 0 Å². The molecule has 0 radical (unpaired) electrons. The third-order valence-corrected chi connectivity index (χ3v) is 4.82. The number of hydrogen-bond acceptors (Lipinski definition) is 4. The minimum absolute atomic E-state index is 0.0560. The van der Waals surface area contributed by atoms with Crippen molar-refractivity contribution < 1.29 is 9.53 Å². The molecule has 2 aromatic carbocycles. The lowest BCUT2D eigenvalue weighted by molar-refractivity contribution is 0.0162. The van der Waals surface area contributed by atoms with Gasteiger partial charge < -0.3 is 15.8 Å². The Balaban J connectivity index is 1.71. The predicted molar refractivity (Wildman–Crippen MR) is 103 cm³/mol. The molecule has 5 nitrogen and oxygen atoms in total. The van der Waals surface area contributed by atoms with Crippen LogP contribution in [0.2, 0.25) is 0 Å². The quantitative estimate of drug-likeness (QED) is 0.836. The summed E-state index contributed by atoms with van der Waals surface area (Å²) in [6.07, 6.45) is 0. The fourth-order valence-corrected chi connectivity index (χ4v) is 3.31. The first-order chi connectivity index (χ1) is 12.7. The highest BCUT2D eigenvalue weighted by Crippen LogP contribution is 2.22. The summed E-state index contributed by atoms with van der Waals surface area (Å²) in [7, 11) is 0. The molecule has 0 bridgehead atoms. The van der Waals surface area contributed by atoms with Crippen LogP contribution in [0.5, 0.6) is 0 Å². The molecule has 1 aliphatic rings. The predicted octanol–water partition coefficient (Wildman–Crippen LogP) is 2.26. The smallest absolute Gasteiger partial charge is 0.251 e. The molecule has 138 valence electrons. The van der Waals surface area contributed by atoms with Crippen molar-refractivity contribution >= 4 is 5.91 Å². The van der Waals surface area contributed by atoms with Gasteiger partial charge in [-0.15, -0.1) is 0 Å². The monoisotopic (exact) mass is 353 g/mol. The van der Waals surface area contributed by atoms with Crippen LogP contribution < -0.4 is 11.1 Å². The topological polar surface area (TPSA) is 67.6 Å². The van der Waals surface area contributed by atoms with Gasteiger partial charge in [0.05, 0.1) is 19.3 Å². The van der Waals surface area contributed by atoms with E-state index in [1.807, 2.05) is 24.3 Å². The van der Waals surface area contributed by atoms with Gasteiger partial charge in [0, 0.05) is 31.7 Å². The van der Waals surface area contributed by atoms with E-state index in [0.29, 0.717) is 18.7 Å². The van der Waals surface area contributed by atoms with Crippen LogP contribution in [0, 0.1) is 6.92 Å². The van der Waals surface area contributed by atoms with Gasteiger partial charge in [0.2, 0.25) is 0 Å². The van der Waals surface area contributed by atoms with E-state index in [9.17, 15) is 4.79 Å². The number of rotatable bonds is 6. The second kappa shape index (κ2) is 8.94. The molecule has 1 aliphatic heterocycles. The molecule has 1 fully saturated rings. The van der Waals surface area contributed by atoms with Crippen molar-refractivity contribution in [2.45, 2.75) is 19.5 Å². The Hall–Kier alpha value is -2.21. The van der Waals surface area contributed by atoms with Gasteiger partial charge >= 0.3 is 0 Å². The Kier molecular flexibility index (Phi) is 6.39. The van der Waals surface area contributed by atoms with Crippen LogP contribution in [-0.4, -0.2) is 43.7 Å². The maximum absolute atomic E-state index is 12.5. The largest absolute Gasteiger partial charge is 0.379 e. The zero-order chi connectivity index (χ0) is 18.4. The molecule has 3 N–H and O–H groups in total. The van der Waals surface area contributed by atoms with Crippen molar-refractivity contribution in [1.29, 1.82) is 0 Å². The number of amides is 1. The maximum Gasteiger partial charge on any atom is 0.251 e. The molecule has 5 heteroatoms. The Labute approximate surface area is 155 Å². The van der Waals surface area contributed by atoms with Gasteiger partial charge in [-0.2, -0.15) is 0 Å². The molecule has 1 heterocycles. The van der Waals surface area contributed by atoms with E-state index < -0.39 is 0 Å². The second-order valence-electron chi connectivity index (χ2n) is 6.69. The van der Waals surface area contributed by atoms with Crippen LogP contribution in [0.3, 0.4) is 0 Å². The second-order valence-corrected chi connectivity index (χ2v) is 6.69. The number of nitrogens with one attached hydrogen (secondary N) is 1. The van der Waals surface area contributed by atoms with Crippen molar-refractivity contribution in [1.82, 2.24) is 10.2 Å². The van der Waals surface area contributed by atoms with Gasteiger partial charge in [0.1, 0.15) is 0 Å². The first-order valence-corrected chi connectivity index (χ1v) is 9.13. The van der Waals surface area contributed by atoms with E-state index >= 15 is 0 Å². The maximum atomic E-state index is 12.5. The Morgan fingerprint density at radius 3 is 2.58 bits per heavy atom. The fourth-order valence-electron chi connectivity index (χ4n) is 3.31. The zero-order valence-corrected chi connectivity index (χ0v) is 15.3. The number of carbonyl (C=O) groups is 1. The summed E-state index contributed by atoms with van der Waals surface area (Å²) in [5.74, 6) is -0.0560. The summed E-state index contributed by atoms with van der Waals surface area (Å²) in [6.45, 7) is 6.36. The third kappa shape index (κ3) is 4.69. The number of carbonyl (C=O) groups excluding carboxylic acids is 1. The minimum atomic E-state index is -0.0560. The minimum Gasteiger partial charge on any atom is -0.379 e. The zero-order valence-electron chi connectivity index (χ0n) is 15.3. The van der Waals surface area contributed by atoms with E-state index in [2.05, 4.69) is 41.4 Å². The molecule has 0 spiro atoms. The number of ether oxygens (including phenoxy) is 1. The summed E-state index contributed by atoms with van der Waals surface area (Å²) in [5.41, 5.74) is 9.75.